The van der Waals surface area contributed by atoms with E-state index in [-0.39, 0.29) is 0 Å². The van der Waals surface area contributed by atoms with Gasteiger partial charge in [0, 0.05) is 6.07 Å². The van der Waals surface area contributed by atoms with Crippen molar-refractivity contribution in [3.63, 3.8) is 0 Å². The molecule has 0 atom stereocenters. The van der Waals surface area contributed by atoms with Gasteiger partial charge in [-0.3, -0.25) is 10.1 Å². The summed E-state index contributed by atoms with van der Waals surface area (Å²) in [5, 5.41) is 19.5. The van der Waals surface area contributed by atoms with E-state index < -0.39 is 31.1 Å². The van der Waals surface area contributed by atoms with E-state index in [1.807, 2.05) is 0 Å². The second kappa shape index (κ2) is 4.72. The third-order valence-corrected chi connectivity index (χ3v) is 3.72. The van der Waals surface area contributed by atoms with E-state index in [0.29, 0.717) is 0 Å². The van der Waals surface area contributed by atoms with Crippen molar-refractivity contribution in [2.45, 2.75) is 24.3 Å². The van der Waals surface area contributed by atoms with Crippen LogP contribution in [0.2, 0.25) is 0 Å². The number of nitro groups is 1. The zero-order valence-electron chi connectivity index (χ0n) is 9.75. The average molecular weight is 269 g/mol. The lowest BCUT2D eigenvalue weighted by Gasteiger charge is -2.17. The smallest absolute Gasteiger partial charge is 0.258 e. The van der Waals surface area contributed by atoms with Crippen molar-refractivity contribution >= 4 is 15.7 Å². The number of nitriles is 1. The standard InChI is InChI=1S/C10H11N3O4S/c1-10(2,7-11)12-18(16,17)9-6-4-3-5-8(9)13(14)15/h3-6,12H,1-2H3. The van der Waals surface area contributed by atoms with E-state index in [9.17, 15) is 18.5 Å². The minimum atomic E-state index is -4.12. The van der Waals surface area contributed by atoms with Gasteiger partial charge in [-0.05, 0) is 19.9 Å². The molecular formula is C10H11N3O4S. The molecule has 0 aromatic heterocycles. The van der Waals surface area contributed by atoms with Gasteiger partial charge in [-0.25, -0.2) is 8.42 Å². The summed E-state index contributed by atoms with van der Waals surface area (Å²) in [5.41, 5.74) is -1.87. The second-order valence-corrected chi connectivity index (χ2v) is 5.72. The SMILES string of the molecule is CC(C)(C#N)NS(=O)(=O)c1ccccc1[N+](=O)[O-]. The molecule has 7 nitrogen and oxygen atoms in total. The first-order chi connectivity index (χ1) is 8.19. The van der Waals surface area contributed by atoms with Gasteiger partial charge < -0.3 is 0 Å². The van der Waals surface area contributed by atoms with Crippen molar-refractivity contribution in [2.24, 2.45) is 0 Å². The molecule has 0 aliphatic heterocycles. The largest absolute Gasteiger partial charge is 0.289 e. The summed E-state index contributed by atoms with van der Waals surface area (Å²) in [6.45, 7) is 2.72. The third kappa shape index (κ3) is 3.03. The maximum atomic E-state index is 12.0. The van der Waals surface area contributed by atoms with Crippen LogP contribution in [0.1, 0.15) is 13.8 Å². The van der Waals surface area contributed by atoms with Gasteiger partial charge in [-0.2, -0.15) is 9.98 Å². The Morgan fingerprint density at radius 3 is 2.44 bits per heavy atom. The molecule has 0 amide bonds. The first-order valence-corrected chi connectivity index (χ1v) is 6.36. The van der Waals surface area contributed by atoms with Gasteiger partial charge >= 0.3 is 0 Å². The summed E-state index contributed by atoms with van der Waals surface area (Å²) in [6.07, 6.45) is 0. The zero-order chi connectivity index (χ0) is 14.0. The minimum Gasteiger partial charge on any atom is -0.258 e. The summed E-state index contributed by atoms with van der Waals surface area (Å²) >= 11 is 0. The van der Waals surface area contributed by atoms with Crippen molar-refractivity contribution in [1.82, 2.24) is 4.72 Å². The number of nitrogens with one attached hydrogen (secondary N) is 1. The number of hydrogen-bond acceptors (Lipinski definition) is 5. The number of rotatable bonds is 4. The molecule has 0 heterocycles. The molecular weight excluding hydrogens is 258 g/mol. The Kier molecular flexibility index (Phi) is 3.69. The van der Waals surface area contributed by atoms with E-state index in [0.717, 1.165) is 12.1 Å². The number of nitro benzene ring substituents is 1. The number of hydrogen-bond donors (Lipinski definition) is 1. The quantitative estimate of drug-likeness (QED) is 0.651. The number of benzene rings is 1. The van der Waals surface area contributed by atoms with Crippen molar-refractivity contribution < 1.29 is 13.3 Å². The van der Waals surface area contributed by atoms with Crippen LogP contribution < -0.4 is 4.72 Å². The number of sulfonamides is 1. The van der Waals surface area contributed by atoms with Crippen molar-refractivity contribution in [1.29, 1.82) is 5.26 Å². The van der Waals surface area contributed by atoms with Gasteiger partial charge in [0.15, 0.2) is 4.90 Å². The molecule has 0 saturated carbocycles. The maximum absolute atomic E-state index is 12.0. The van der Waals surface area contributed by atoms with E-state index in [2.05, 4.69) is 4.72 Å². The molecule has 1 N–H and O–H groups in total. The highest BCUT2D eigenvalue weighted by Gasteiger charge is 2.30. The normalized spacial score (nSPS) is 11.8. The lowest BCUT2D eigenvalue weighted by Crippen LogP contribution is -2.42. The molecule has 1 aromatic carbocycles. The van der Waals surface area contributed by atoms with Crippen LogP contribution in [0.25, 0.3) is 0 Å². The molecule has 0 unspecified atom stereocenters. The second-order valence-electron chi connectivity index (χ2n) is 4.07. The molecule has 1 rings (SSSR count). The van der Waals surface area contributed by atoms with Crippen LogP contribution in [0.5, 0.6) is 0 Å². The fraction of sp³-hybridized carbons (Fsp3) is 0.300. The number of nitrogens with zero attached hydrogens (tertiary/aromatic N) is 2. The van der Waals surface area contributed by atoms with Crippen LogP contribution in [0.4, 0.5) is 5.69 Å². The molecule has 0 aliphatic rings. The molecule has 1 aromatic rings. The number of para-hydroxylation sites is 1. The Balaban J connectivity index is 3.31. The Hall–Kier alpha value is -1.98. The highest BCUT2D eigenvalue weighted by Crippen LogP contribution is 2.23. The minimum absolute atomic E-state index is 0.460. The summed E-state index contributed by atoms with van der Waals surface area (Å²) in [5.74, 6) is 0. The van der Waals surface area contributed by atoms with Crippen LogP contribution in [0.15, 0.2) is 29.2 Å². The molecule has 0 saturated heterocycles. The van der Waals surface area contributed by atoms with Gasteiger partial charge in [0.05, 0.1) is 11.0 Å². The molecule has 0 fully saturated rings. The lowest BCUT2D eigenvalue weighted by atomic mass is 10.1. The van der Waals surface area contributed by atoms with Crippen molar-refractivity contribution in [3.05, 3.63) is 34.4 Å². The van der Waals surface area contributed by atoms with Gasteiger partial charge in [0.2, 0.25) is 10.0 Å². The van der Waals surface area contributed by atoms with Gasteiger partial charge in [-0.1, -0.05) is 12.1 Å². The first-order valence-electron chi connectivity index (χ1n) is 4.88. The van der Waals surface area contributed by atoms with Crippen molar-refractivity contribution in [2.75, 3.05) is 0 Å². The van der Waals surface area contributed by atoms with Crippen LogP contribution in [0.3, 0.4) is 0 Å². The summed E-state index contributed by atoms with van der Waals surface area (Å²) in [6, 6.07) is 6.71. The van der Waals surface area contributed by atoms with Crippen LogP contribution in [0, 0.1) is 21.4 Å². The van der Waals surface area contributed by atoms with Crippen LogP contribution in [-0.4, -0.2) is 18.9 Å². The summed E-state index contributed by atoms with van der Waals surface area (Å²) < 4.78 is 26.0. The monoisotopic (exact) mass is 269 g/mol. The molecule has 0 radical (unpaired) electrons. The Labute approximate surface area is 104 Å². The third-order valence-electron chi connectivity index (χ3n) is 2.02. The summed E-state index contributed by atoms with van der Waals surface area (Å²) in [7, 11) is -4.12. The lowest BCUT2D eigenvalue weighted by molar-refractivity contribution is -0.387. The van der Waals surface area contributed by atoms with Gasteiger partial charge in [0.1, 0.15) is 5.54 Å². The van der Waals surface area contributed by atoms with E-state index in [4.69, 9.17) is 5.26 Å². The first kappa shape index (κ1) is 14.1. The maximum Gasteiger partial charge on any atom is 0.289 e. The Bertz CT molecular complexity index is 616. The molecule has 96 valence electrons. The van der Waals surface area contributed by atoms with Crippen molar-refractivity contribution in [3.8, 4) is 6.07 Å². The average Bonchev–Trinajstić information content (AvgIpc) is 2.28. The van der Waals surface area contributed by atoms with E-state index in [1.165, 1.54) is 26.0 Å². The van der Waals surface area contributed by atoms with Gasteiger partial charge in [0.25, 0.3) is 5.69 Å². The highest BCUT2D eigenvalue weighted by atomic mass is 32.2. The topological polar surface area (TPSA) is 113 Å². The molecule has 0 aliphatic carbocycles. The van der Waals surface area contributed by atoms with Gasteiger partial charge in [-0.15, -0.1) is 0 Å². The van der Waals surface area contributed by atoms with E-state index >= 15 is 0 Å². The molecule has 18 heavy (non-hydrogen) atoms. The predicted molar refractivity (Wildman–Crippen MR) is 63.1 cm³/mol. The predicted octanol–water partition coefficient (Wildman–Crippen LogP) is 1.18. The Morgan fingerprint density at radius 2 is 1.94 bits per heavy atom. The fourth-order valence-corrected chi connectivity index (χ4v) is 2.75. The highest BCUT2D eigenvalue weighted by molar-refractivity contribution is 7.89. The van der Waals surface area contributed by atoms with Crippen LogP contribution >= 0.6 is 0 Å². The van der Waals surface area contributed by atoms with Crippen LogP contribution in [-0.2, 0) is 10.0 Å². The molecule has 8 heteroatoms. The molecule has 0 bridgehead atoms. The fourth-order valence-electron chi connectivity index (χ4n) is 1.25. The summed E-state index contributed by atoms with van der Waals surface area (Å²) in [4.78, 5) is 9.51. The zero-order valence-corrected chi connectivity index (χ0v) is 10.6. The Morgan fingerprint density at radius 1 is 1.39 bits per heavy atom. The van der Waals surface area contributed by atoms with E-state index in [1.54, 1.807) is 6.07 Å². The molecule has 0 spiro atoms.